The van der Waals surface area contributed by atoms with Gasteiger partial charge in [0.05, 0.1) is 17.5 Å². The number of nitrogens with zero attached hydrogens (tertiary/aromatic N) is 4. The average Bonchev–Trinajstić information content (AvgIpc) is 3.16. The number of rotatable bonds is 4. The van der Waals surface area contributed by atoms with E-state index in [4.69, 9.17) is 0 Å². The molecule has 0 saturated heterocycles. The first kappa shape index (κ1) is 15.7. The Bertz CT molecular complexity index is 687. The van der Waals surface area contributed by atoms with E-state index in [2.05, 4.69) is 10.3 Å². The third-order valence-electron chi connectivity index (χ3n) is 4.42. The third-order valence-corrected chi connectivity index (χ3v) is 4.42. The zero-order chi connectivity index (χ0) is 16.4. The van der Waals surface area contributed by atoms with Crippen LogP contribution in [0.15, 0.2) is 30.5 Å². The van der Waals surface area contributed by atoms with Gasteiger partial charge in [0.15, 0.2) is 5.69 Å². The van der Waals surface area contributed by atoms with E-state index in [9.17, 15) is 9.90 Å². The SMILES string of the molecule is Cc1ccc(-n2cc(C(=O)N(C)CC3(O)CCCC3)nn2)cc1. The third kappa shape index (κ3) is 3.42. The topological polar surface area (TPSA) is 71.2 Å². The van der Waals surface area contributed by atoms with Crippen LogP contribution in [0.2, 0.25) is 0 Å². The average molecular weight is 314 g/mol. The molecule has 1 amide bonds. The summed E-state index contributed by atoms with van der Waals surface area (Å²) in [5, 5.41) is 18.4. The molecule has 1 fully saturated rings. The van der Waals surface area contributed by atoms with E-state index in [1.54, 1.807) is 17.9 Å². The second-order valence-electron chi connectivity index (χ2n) is 6.48. The molecular formula is C17H22N4O2. The molecule has 0 radical (unpaired) electrons. The number of carbonyl (C=O) groups excluding carboxylic acids is 1. The summed E-state index contributed by atoms with van der Waals surface area (Å²) in [5.74, 6) is -0.219. The number of carbonyl (C=O) groups is 1. The molecule has 1 aliphatic carbocycles. The van der Waals surface area contributed by atoms with Crippen LogP contribution < -0.4 is 0 Å². The van der Waals surface area contributed by atoms with Crippen molar-refractivity contribution in [3.05, 3.63) is 41.7 Å². The van der Waals surface area contributed by atoms with E-state index in [1.807, 2.05) is 31.2 Å². The van der Waals surface area contributed by atoms with Gasteiger partial charge in [-0.1, -0.05) is 35.8 Å². The van der Waals surface area contributed by atoms with Crippen molar-refractivity contribution in [1.29, 1.82) is 0 Å². The van der Waals surface area contributed by atoms with E-state index >= 15 is 0 Å². The summed E-state index contributed by atoms with van der Waals surface area (Å²) in [6.07, 6.45) is 5.16. The molecule has 0 spiro atoms. The molecule has 1 N–H and O–H groups in total. The highest BCUT2D eigenvalue weighted by Crippen LogP contribution is 2.30. The predicted octanol–water partition coefficient (Wildman–Crippen LogP) is 1.95. The molecule has 1 saturated carbocycles. The van der Waals surface area contributed by atoms with E-state index < -0.39 is 5.60 Å². The monoisotopic (exact) mass is 314 g/mol. The molecule has 122 valence electrons. The van der Waals surface area contributed by atoms with Gasteiger partial charge in [0.2, 0.25) is 0 Å². The van der Waals surface area contributed by atoms with Crippen LogP contribution in [0.5, 0.6) is 0 Å². The molecular weight excluding hydrogens is 292 g/mol. The van der Waals surface area contributed by atoms with Crippen LogP contribution in [0.1, 0.15) is 41.7 Å². The Kier molecular flexibility index (Phi) is 4.17. The second kappa shape index (κ2) is 6.12. The number of amides is 1. The highest BCUT2D eigenvalue weighted by Gasteiger charge is 2.34. The van der Waals surface area contributed by atoms with Gasteiger partial charge >= 0.3 is 0 Å². The number of hydrogen-bond donors (Lipinski definition) is 1. The molecule has 3 rings (SSSR count). The molecule has 1 aliphatic rings. The Balaban J connectivity index is 1.71. The first-order chi connectivity index (χ1) is 11.0. The molecule has 0 unspecified atom stereocenters. The normalized spacial score (nSPS) is 16.5. The first-order valence-corrected chi connectivity index (χ1v) is 7.94. The van der Waals surface area contributed by atoms with Crippen molar-refractivity contribution in [2.75, 3.05) is 13.6 Å². The predicted molar refractivity (Wildman–Crippen MR) is 86.5 cm³/mol. The zero-order valence-electron chi connectivity index (χ0n) is 13.6. The highest BCUT2D eigenvalue weighted by molar-refractivity contribution is 5.91. The molecule has 2 aromatic rings. The highest BCUT2D eigenvalue weighted by atomic mass is 16.3. The maximum atomic E-state index is 12.5. The molecule has 1 heterocycles. The van der Waals surface area contributed by atoms with E-state index in [0.29, 0.717) is 6.54 Å². The molecule has 0 atom stereocenters. The zero-order valence-corrected chi connectivity index (χ0v) is 13.6. The maximum absolute atomic E-state index is 12.5. The van der Waals surface area contributed by atoms with Crippen LogP contribution in [0, 0.1) is 6.92 Å². The van der Waals surface area contributed by atoms with Crippen molar-refractivity contribution in [2.45, 2.75) is 38.2 Å². The first-order valence-electron chi connectivity index (χ1n) is 7.94. The summed E-state index contributed by atoms with van der Waals surface area (Å²) < 4.78 is 1.59. The van der Waals surface area contributed by atoms with Crippen LogP contribution >= 0.6 is 0 Å². The van der Waals surface area contributed by atoms with E-state index in [-0.39, 0.29) is 11.6 Å². The lowest BCUT2D eigenvalue weighted by molar-refractivity contribution is 0.0155. The van der Waals surface area contributed by atoms with Gasteiger partial charge in [0.25, 0.3) is 5.91 Å². The Hall–Kier alpha value is -2.21. The Morgan fingerprint density at radius 3 is 2.61 bits per heavy atom. The van der Waals surface area contributed by atoms with Gasteiger partial charge < -0.3 is 10.0 Å². The summed E-state index contributed by atoms with van der Waals surface area (Å²) >= 11 is 0. The fourth-order valence-electron chi connectivity index (χ4n) is 3.09. The Morgan fingerprint density at radius 1 is 1.30 bits per heavy atom. The van der Waals surface area contributed by atoms with Crippen molar-refractivity contribution >= 4 is 5.91 Å². The molecule has 1 aromatic heterocycles. The van der Waals surface area contributed by atoms with Gasteiger partial charge in [-0.15, -0.1) is 5.10 Å². The van der Waals surface area contributed by atoms with Crippen molar-refractivity contribution in [1.82, 2.24) is 19.9 Å². The van der Waals surface area contributed by atoms with Gasteiger partial charge in [-0.2, -0.15) is 0 Å². The molecule has 0 aliphatic heterocycles. The smallest absolute Gasteiger partial charge is 0.275 e. The number of likely N-dealkylation sites (N-methyl/N-ethyl adjacent to an activating group) is 1. The van der Waals surface area contributed by atoms with Crippen LogP contribution in [0.25, 0.3) is 5.69 Å². The van der Waals surface area contributed by atoms with Crippen LogP contribution in [-0.2, 0) is 0 Å². The summed E-state index contributed by atoms with van der Waals surface area (Å²) in [4.78, 5) is 14.0. The number of aryl methyl sites for hydroxylation is 1. The quantitative estimate of drug-likeness (QED) is 0.936. The number of hydrogen-bond acceptors (Lipinski definition) is 4. The molecule has 1 aromatic carbocycles. The Labute approximate surface area is 135 Å². The van der Waals surface area contributed by atoms with Crippen molar-refractivity contribution in [2.24, 2.45) is 0 Å². The molecule has 6 heteroatoms. The van der Waals surface area contributed by atoms with Crippen molar-refractivity contribution < 1.29 is 9.90 Å². The van der Waals surface area contributed by atoms with Gasteiger partial charge in [0, 0.05) is 13.6 Å². The summed E-state index contributed by atoms with van der Waals surface area (Å²) in [6.45, 7) is 2.35. The van der Waals surface area contributed by atoms with E-state index in [0.717, 1.165) is 36.9 Å². The second-order valence-corrected chi connectivity index (χ2v) is 6.48. The number of aliphatic hydroxyl groups is 1. The summed E-state index contributed by atoms with van der Waals surface area (Å²) in [7, 11) is 1.70. The van der Waals surface area contributed by atoms with Gasteiger partial charge in [-0.05, 0) is 31.9 Å². The maximum Gasteiger partial charge on any atom is 0.275 e. The van der Waals surface area contributed by atoms with Crippen molar-refractivity contribution in [3.63, 3.8) is 0 Å². The van der Waals surface area contributed by atoms with Gasteiger partial charge in [-0.3, -0.25) is 4.79 Å². The lowest BCUT2D eigenvalue weighted by Crippen LogP contribution is -2.42. The Morgan fingerprint density at radius 2 is 1.96 bits per heavy atom. The number of benzene rings is 1. The van der Waals surface area contributed by atoms with Crippen LogP contribution in [-0.4, -0.2) is 50.1 Å². The van der Waals surface area contributed by atoms with Gasteiger partial charge in [0.1, 0.15) is 0 Å². The summed E-state index contributed by atoms with van der Waals surface area (Å²) in [5.41, 5.74) is 1.56. The fourth-order valence-corrected chi connectivity index (χ4v) is 3.09. The van der Waals surface area contributed by atoms with E-state index in [1.165, 1.54) is 4.90 Å². The molecule has 23 heavy (non-hydrogen) atoms. The minimum atomic E-state index is -0.753. The van der Waals surface area contributed by atoms with Crippen molar-refractivity contribution in [3.8, 4) is 5.69 Å². The minimum Gasteiger partial charge on any atom is -0.388 e. The standard InChI is InChI=1S/C17H22N4O2/c1-13-5-7-14(8-6-13)21-11-15(18-19-21)16(22)20(2)12-17(23)9-3-4-10-17/h5-8,11,23H,3-4,9-10,12H2,1-2H3. The lowest BCUT2D eigenvalue weighted by Gasteiger charge is -2.28. The fraction of sp³-hybridized carbons (Fsp3) is 0.471. The van der Waals surface area contributed by atoms with Crippen LogP contribution in [0.4, 0.5) is 0 Å². The largest absolute Gasteiger partial charge is 0.388 e. The lowest BCUT2D eigenvalue weighted by atomic mass is 10.0. The molecule has 0 bridgehead atoms. The van der Waals surface area contributed by atoms with Crippen LogP contribution in [0.3, 0.4) is 0 Å². The molecule has 6 nitrogen and oxygen atoms in total. The minimum absolute atomic E-state index is 0.219. The summed E-state index contributed by atoms with van der Waals surface area (Å²) in [6, 6.07) is 7.84. The van der Waals surface area contributed by atoms with Gasteiger partial charge in [-0.25, -0.2) is 4.68 Å². The number of aromatic nitrogens is 3.